The molecule has 0 aliphatic carbocycles. The highest BCUT2D eigenvalue weighted by Gasteiger charge is 2.25. The molecule has 0 heterocycles. The van der Waals surface area contributed by atoms with Crippen molar-refractivity contribution in [3.8, 4) is 0 Å². The largest absolute Gasteiger partial charge is 0.480 e. The third-order valence-electron chi connectivity index (χ3n) is 6.67. The summed E-state index contributed by atoms with van der Waals surface area (Å²) in [5.74, 6) is -1.66. The van der Waals surface area contributed by atoms with Crippen LogP contribution in [0.25, 0.3) is 0 Å². The Morgan fingerprint density at radius 2 is 1.03 bits per heavy atom. The van der Waals surface area contributed by atoms with Gasteiger partial charge in [0, 0.05) is 6.42 Å². The Labute approximate surface area is 244 Å². The highest BCUT2D eigenvalue weighted by molar-refractivity contribution is 5.90. The molecule has 38 heavy (non-hydrogen) atoms. The molecule has 0 unspecified atom stereocenters. The number of unbranched alkanes of at least 4 members (excludes halogenated alkanes) is 14. The molecule has 0 aromatic carbocycles. The molecule has 0 aliphatic rings. The maximum atomic E-state index is 12.8. The summed E-state index contributed by atoms with van der Waals surface area (Å²) in [4.78, 5) is 36.8. The second kappa shape index (κ2) is 30.5. The Bertz CT molecular complexity index is 571. The number of nitrogens with two attached hydrogens (primary N) is 2. The van der Waals surface area contributed by atoms with Crippen molar-refractivity contribution in [1.29, 1.82) is 0 Å². The molecule has 0 fully saturated rings. The van der Waals surface area contributed by atoms with E-state index < -0.39 is 24.0 Å². The predicted molar refractivity (Wildman–Crippen MR) is 162 cm³/mol. The van der Waals surface area contributed by atoms with Crippen LogP contribution in [0.3, 0.4) is 0 Å². The maximum Gasteiger partial charge on any atom is 0.326 e. The summed E-state index contributed by atoms with van der Waals surface area (Å²) < 4.78 is 0. The number of carbonyl (C=O) groups excluding carboxylic acids is 2. The molecule has 0 aliphatic heterocycles. The lowest BCUT2D eigenvalue weighted by atomic mass is 10.0. The number of hydrogen-bond acceptors (Lipinski definition) is 5. The highest BCUT2D eigenvalue weighted by atomic mass is 35.5. The minimum Gasteiger partial charge on any atom is -0.480 e. The molecular weight excluding hydrogens is 527 g/mol. The van der Waals surface area contributed by atoms with Crippen LogP contribution < -0.4 is 22.1 Å². The van der Waals surface area contributed by atoms with Gasteiger partial charge >= 0.3 is 5.97 Å². The maximum absolute atomic E-state index is 12.8. The van der Waals surface area contributed by atoms with Gasteiger partial charge in [0.25, 0.3) is 0 Å². The molecule has 0 aromatic rings. The number of carboxylic acids is 1. The van der Waals surface area contributed by atoms with Gasteiger partial charge in [-0.3, -0.25) is 9.59 Å². The minimum atomic E-state index is -1.07. The molecule has 0 rings (SSSR count). The summed E-state index contributed by atoms with van der Waals surface area (Å²) in [5, 5.41) is 14.9. The smallest absolute Gasteiger partial charge is 0.326 e. The van der Waals surface area contributed by atoms with Gasteiger partial charge < -0.3 is 27.2 Å². The van der Waals surface area contributed by atoms with Crippen LogP contribution in [0.4, 0.5) is 0 Å². The first-order valence-electron chi connectivity index (χ1n) is 14.7. The summed E-state index contributed by atoms with van der Waals surface area (Å²) in [7, 11) is 0. The highest BCUT2D eigenvalue weighted by Crippen LogP contribution is 2.13. The normalized spacial score (nSPS) is 12.1. The van der Waals surface area contributed by atoms with E-state index >= 15 is 0 Å². The zero-order valence-electron chi connectivity index (χ0n) is 23.9. The molecule has 10 heteroatoms. The number of hydrogen-bond donors (Lipinski definition) is 5. The number of halogens is 2. The Hall–Kier alpha value is -1.09. The summed E-state index contributed by atoms with van der Waals surface area (Å²) in [6.07, 6.45) is 20.1. The standard InChI is InChI=1S/C28H56N4O4.2ClH/c1-2-3-4-5-6-7-8-9-10-11-12-13-14-21-26(33)31-24(19-15-17-22-29)27(34)32-25(28(35)36)20-16-18-23-30;;/h24-25H,2-23,29-30H2,1H3,(H,31,33)(H,32,34)(H,35,36);2*1H/t24-,25-;;/m0../s1. The van der Waals surface area contributed by atoms with E-state index in [2.05, 4.69) is 17.6 Å². The first-order chi connectivity index (χ1) is 17.5. The molecule has 0 saturated heterocycles. The predicted octanol–water partition coefficient (Wildman–Crippen LogP) is 5.62. The van der Waals surface area contributed by atoms with Crippen LogP contribution in [-0.4, -0.2) is 48.1 Å². The van der Waals surface area contributed by atoms with Gasteiger partial charge in [-0.2, -0.15) is 0 Å². The van der Waals surface area contributed by atoms with Crippen molar-refractivity contribution in [2.75, 3.05) is 13.1 Å². The van der Waals surface area contributed by atoms with Gasteiger partial charge in [0.15, 0.2) is 0 Å². The van der Waals surface area contributed by atoms with Crippen molar-refractivity contribution in [3.63, 3.8) is 0 Å². The molecule has 7 N–H and O–H groups in total. The SMILES string of the molecule is CCCCCCCCCCCCCCCC(=O)N[C@@H](CCCCN)C(=O)N[C@@H](CCCCN)C(=O)O.Cl.Cl. The second-order valence-electron chi connectivity index (χ2n) is 10.1. The zero-order chi connectivity index (χ0) is 26.9. The van der Waals surface area contributed by atoms with Gasteiger partial charge in [0.05, 0.1) is 0 Å². The quantitative estimate of drug-likeness (QED) is 0.0832. The van der Waals surface area contributed by atoms with E-state index in [1.165, 1.54) is 64.2 Å². The minimum absolute atomic E-state index is 0. The molecule has 2 atom stereocenters. The first-order valence-corrected chi connectivity index (χ1v) is 14.7. The number of amides is 2. The molecule has 8 nitrogen and oxygen atoms in total. The molecule has 2 amide bonds. The number of carbonyl (C=O) groups is 3. The molecular formula is C28H58Cl2N4O4. The lowest BCUT2D eigenvalue weighted by Crippen LogP contribution is -2.51. The summed E-state index contributed by atoms with van der Waals surface area (Å²) in [5.41, 5.74) is 11.0. The molecule has 228 valence electrons. The molecule has 0 aromatic heterocycles. The van der Waals surface area contributed by atoms with Crippen LogP contribution in [0.15, 0.2) is 0 Å². The van der Waals surface area contributed by atoms with Crippen LogP contribution in [0, 0.1) is 0 Å². The van der Waals surface area contributed by atoms with Crippen LogP contribution in [-0.2, 0) is 14.4 Å². The third-order valence-corrected chi connectivity index (χ3v) is 6.67. The van der Waals surface area contributed by atoms with Crippen molar-refractivity contribution < 1.29 is 19.5 Å². The van der Waals surface area contributed by atoms with Gasteiger partial charge in [-0.1, -0.05) is 84.0 Å². The molecule has 0 bridgehead atoms. The van der Waals surface area contributed by atoms with Crippen molar-refractivity contribution in [3.05, 3.63) is 0 Å². The number of rotatable bonds is 26. The fourth-order valence-electron chi connectivity index (χ4n) is 4.35. The van der Waals surface area contributed by atoms with E-state index in [1.807, 2.05) is 0 Å². The van der Waals surface area contributed by atoms with Crippen LogP contribution in [0.1, 0.15) is 135 Å². The number of nitrogens with one attached hydrogen (secondary N) is 2. The van der Waals surface area contributed by atoms with Crippen molar-refractivity contribution in [2.24, 2.45) is 11.5 Å². The van der Waals surface area contributed by atoms with Gasteiger partial charge in [0.2, 0.25) is 11.8 Å². The van der Waals surface area contributed by atoms with Crippen LogP contribution >= 0.6 is 24.8 Å². The summed E-state index contributed by atoms with van der Waals surface area (Å²) in [6.45, 7) is 3.24. The van der Waals surface area contributed by atoms with E-state index in [1.54, 1.807) is 0 Å². The third kappa shape index (κ3) is 25.2. The van der Waals surface area contributed by atoms with Crippen molar-refractivity contribution in [2.45, 2.75) is 147 Å². The van der Waals surface area contributed by atoms with Gasteiger partial charge in [-0.05, 0) is 58.0 Å². The molecule has 0 radical (unpaired) electrons. The first kappa shape index (κ1) is 41.4. The van der Waals surface area contributed by atoms with Crippen LogP contribution in [0.5, 0.6) is 0 Å². The van der Waals surface area contributed by atoms with E-state index in [0.29, 0.717) is 51.6 Å². The monoisotopic (exact) mass is 584 g/mol. The summed E-state index contributed by atoms with van der Waals surface area (Å²) in [6, 6.07) is -1.71. The number of carboxylic acid groups (broad SMARTS) is 1. The molecule has 0 spiro atoms. The Morgan fingerprint density at radius 1 is 0.605 bits per heavy atom. The van der Waals surface area contributed by atoms with Gasteiger partial charge in [-0.25, -0.2) is 4.79 Å². The van der Waals surface area contributed by atoms with E-state index in [-0.39, 0.29) is 30.7 Å². The summed E-state index contributed by atoms with van der Waals surface area (Å²) >= 11 is 0. The zero-order valence-corrected chi connectivity index (χ0v) is 25.5. The van der Waals surface area contributed by atoms with Gasteiger partial charge in [-0.15, -0.1) is 24.8 Å². The Kier molecular flexibility index (Phi) is 33.2. The van der Waals surface area contributed by atoms with Crippen molar-refractivity contribution >= 4 is 42.6 Å². The van der Waals surface area contributed by atoms with E-state index in [9.17, 15) is 19.5 Å². The van der Waals surface area contributed by atoms with Crippen molar-refractivity contribution in [1.82, 2.24) is 10.6 Å². The van der Waals surface area contributed by atoms with E-state index in [0.717, 1.165) is 25.7 Å². The average molecular weight is 586 g/mol. The lowest BCUT2D eigenvalue weighted by Gasteiger charge is -2.21. The average Bonchev–Trinajstić information content (AvgIpc) is 2.85. The number of aliphatic carboxylic acids is 1. The van der Waals surface area contributed by atoms with Gasteiger partial charge in [0.1, 0.15) is 12.1 Å². The fourth-order valence-corrected chi connectivity index (χ4v) is 4.35. The fraction of sp³-hybridized carbons (Fsp3) is 0.893. The second-order valence-corrected chi connectivity index (χ2v) is 10.1. The van der Waals surface area contributed by atoms with Crippen LogP contribution in [0.2, 0.25) is 0 Å². The Balaban J connectivity index is -0.00000612. The lowest BCUT2D eigenvalue weighted by molar-refractivity contribution is -0.142. The van der Waals surface area contributed by atoms with E-state index in [4.69, 9.17) is 11.5 Å². The topological polar surface area (TPSA) is 148 Å². The Morgan fingerprint density at radius 3 is 1.45 bits per heavy atom. The molecule has 0 saturated carbocycles.